The van der Waals surface area contributed by atoms with Crippen LogP contribution in [0.15, 0.2) is 0 Å². The normalized spacial score (nSPS) is 18.3. The number of halogens is 1. The summed E-state index contributed by atoms with van der Waals surface area (Å²) in [5.74, 6) is 0.574. The maximum atomic E-state index is 14.1. The highest BCUT2D eigenvalue weighted by Crippen LogP contribution is 2.38. The molecule has 0 spiro atoms. The van der Waals surface area contributed by atoms with Gasteiger partial charge in [0.1, 0.15) is 5.60 Å². The van der Waals surface area contributed by atoms with Crippen molar-refractivity contribution >= 4 is 5.82 Å². The number of ether oxygens (including phenoxy) is 1. The fourth-order valence-electron chi connectivity index (χ4n) is 3.06. The molecule has 5 heteroatoms. The number of hydrogen-bond donors (Lipinski definition) is 1. The van der Waals surface area contributed by atoms with E-state index in [0.717, 1.165) is 25.7 Å². The quantitative estimate of drug-likeness (QED) is 0.836. The van der Waals surface area contributed by atoms with Gasteiger partial charge in [-0.2, -0.15) is 0 Å². The average Bonchev–Trinajstić information content (AvgIpc) is 2.71. The zero-order valence-electron chi connectivity index (χ0n) is 13.3. The second-order valence-corrected chi connectivity index (χ2v) is 5.67. The molecule has 0 atom stereocenters. The summed E-state index contributed by atoms with van der Waals surface area (Å²) in [6, 6.07) is 0. The first kappa shape index (κ1) is 16.1. The minimum Gasteiger partial charge on any atom is -0.368 e. The van der Waals surface area contributed by atoms with E-state index in [1.807, 2.05) is 13.8 Å². The van der Waals surface area contributed by atoms with Crippen LogP contribution in [-0.2, 0) is 10.3 Å². The van der Waals surface area contributed by atoms with Gasteiger partial charge in [-0.3, -0.25) is 0 Å². The third kappa shape index (κ3) is 3.51. The number of aromatic nitrogens is 2. The predicted octanol–water partition coefficient (Wildman–Crippen LogP) is 3.94. The molecule has 1 aliphatic rings. The molecular weight excluding hydrogens is 269 g/mol. The van der Waals surface area contributed by atoms with E-state index in [9.17, 15) is 4.39 Å². The van der Waals surface area contributed by atoms with Crippen LogP contribution in [0.25, 0.3) is 0 Å². The van der Waals surface area contributed by atoms with Crippen molar-refractivity contribution in [1.29, 1.82) is 0 Å². The zero-order valence-corrected chi connectivity index (χ0v) is 13.3. The molecule has 0 saturated heterocycles. The first-order chi connectivity index (χ1) is 10.1. The van der Waals surface area contributed by atoms with Gasteiger partial charge in [-0.05, 0) is 33.6 Å². The Balaban J connectivity index is 2.43. The van der Waals surface area contributed by atoms with E-state index in [4.69, 9.17) is 4.74 Å². The molecule has 0 aromatic carbocycles. The third-order valence-electron chi connectivity index (χ3n) is 4.10. The highest BCUT2D eigenvalue weighted by Gasteiger charge is 2.37. The summed E-state index contributed by atoms with van der Waals surface area (Å²) in [6.45, 7) is 6.87. The minimum absolute atomic E-state index is 0.295. The lowest BCUT2D eigenvalue weighted by molar-refractivity contribution is -0.0625. The Kier molecular flexibility index (Phi) is 5.51. The van der Waals surface area contributed by atoms with Gasteiger partial charge in [0, 0.05) is 13.2 Å². The molecule has 21 heavy (non-hydrogen) atoms. The van der Waals surface area contributed by atoms with Crippen LogP contribution in [0.1, 0.15) is 63.9 Å². The van der Waals surface area contributed by atoms with Crippen molar-refractivity contribution < 1.29 is 9.13 Å². The van der Waals surface area contributed by atoms with Gasteiger partial charge in [0.25, 0.3) is 0 Å². The fraction of sp³-hybridized carbons (Fsp3) is 0.750. The summed E-state index contributed by atoms with van der Waals surface area (Å²) in [7, 11) is 0. The molecule has 4 nitrogen and oxygen atoms in total. The Bertz CT molecular complexity index is 471. The SMILES string of the molecule is CCNc1nc(C2(OCC)CCCCCC2)nc(C)c1F. The van der Waals surface area contributed by atoms with Crippen molar-refractivity contribution in [2.24, 2.45) is 0 Å². The van der Waals surface area contributed by atoms with Gasteiger partial charge in [0.2, 0.25) is 0 Å². The number of nitrogens with zero attached hydrogens (tertiary/aromatic N) is 2. The molecule has 2 rings (SSSR count). The summed E-state index contributed by atoms with van der Waals surface area (Å²) < 4.78 is 20.2. The molecule has 1 aliphatic carbocycles. The van der Waals surface area contributed by atoms with Crippen LogP contribution < -0.4 is 5.32 Å². The van der Waals surface area contributed by atoms with Crippen LogP contribution in [-0.4, -0.2) is 23.1 Å². The molecule has 1 N–H and O–H groups in total. The number of rotatable bonds is 5. The molecule has 1 heterocycles. The summed E-state index contributed by atoms with van der Waals surface area (Å²) in [5.41, 5.74) is -0.0623. The largest absolute Gasteiger partial charge is 0.368 e. The van der Waals surface area contributed by atoms with Gasteiger partial charge in [0.05, 0.1) is 5.69 Å². The van der Waals surface area contributed by atoms with E-state index in [1.165, 1.54) is 12.8 Å². The predicted molar refractivity (Wildman–Crippen MR) is 81.9 cm³/mol. The maximum Gasteiger partial charge on any atom is 0.186 e. The van der Waals surface area contributed by atoms with Gasteiger partial charge in [0.15, 0.2) is 17.5 Å². The van der Waals surface area contributed by atoms with E-state index >= 15 is 0 Å². The van der Waals surface area contributed by atoms with Crippen molar-refractivity contribution in [3.8, 4) is 0 Å². The number of nitrogens with one attached hydrogen (secondary N) is 1. The smallest absolute Gasteiger partial charge is 0.186 e. The van der Waals surface area contributed by atoms with Crippen LogP contribution in [0.3, 0.4) is 0 Å². The van der Waals surface area contributed by atoms with Crippen molar-refractivity contribution in [1.82, 2.24) is 9.97 Å². The Morgan fingerprint density at radius 1 is 1.14 bits per heavy atom. The van der Waals surface area contributed by atoms with Gasteiger partial charge in [-0.25, -0.2) is 14.4 Å². The standard InChI is InChI=1S/C16H26FN3O/c1-4-18-14-13(17)12(3)19-15(20-14)16(21-5-2)10-8-6-7-9-11-16/h4-11H2,1-3H3,(H,18,19,20). The van der Waals surface area contributed by atoms with Crippen LogP contribution in [0.5, 0.6) is 0 Å². The molecule has 0 unspecified atom stereocenters. The number of hydrogen-bond acceptors (Lipinski definition) is 4. The van der Waals surface area contributed by atoms with Crippen molar-refractivity contribution in [2.75, 3.05) is 18.5 Å². The van der Waals surface area contributed by atoms with Crippen molar-refractivity contribution in [3.63, 3.8) is 0 Å². The van der Waals surface area contributed by atoms with Crippen LogP contribution in [0, 0.1) is 12.7 Å². The second-order valence-electron chi connectivity index (χ2n) is 5.67. The number of anilines is 1. The Morgan fingerprint density at radius 3 is 2.38 bits per heavy atom. The molecule has 1 aromatic rings. The lowest BCUT2D eigenvalue weighted by Gasteiger charge is -2.31. The van der Waals surface area contributed by atoms with Crippen molar-refractivity contribution in [3.05, 3.63) is 17.3 Å². The van der Waals surface area contributed by atoms with Crippen molar-refractivity contribution in [2.45, 2.75) is 64.9 Å². The molecule has 0 aliphatic heterocycles. The topological polar surface area (TPSA) is 47.0 Å². The van der Waals surface area contributed by atoms with Gasteiger partial charge in [-0.1, -0.05) is 25.7 Å². The number of aryl methyl sites for hydroxylation is 1. The van der Waals surface area contributed by atoms with Crippen LogP contribution in [0.4, 0.5) is 10.2 Å². The van der Waals surface area contributed by atoms with Gasteiger partial charge >= 0.3 is 0 Å². The van der Waals surface area contributed by atoms with E-state index in [0.29, 0.717) is 30.5 Å². The molecule has 0 radical (unpaired) electrons. The minimum atomic E-state index is -0.451. The Hall–Kier alpha value is -1.23. The van der Waals surface area contributed by atoms with Crippen LogP contribution in [0.2, 0.25) is 0 Å². The molecule has 118 valence electrons. The summed E-state index contributed by atoms with van der Waals surface area (Å²) in [5, 5.41) is 2.99. The average molecular weight is 295 g/mol. The first-order valence-electron chi connectivity index (χ1n) is 8.05. The lowest BCUT2D eigenvalue weighted by Crippen LogP contribution is -2.32. The highest BCUT2D eigenvalue weighted by atomic mass is 19.1. The highest BCUT2D eigenvalue weighted by molar-refractivity contribution is 5.38. The first-order valence-corrected chi connectivity index (χ1v) is 8.05. The molecule has 0 bridgehead atoms. The summed E-state index contributed by atoms with van der Waals surface area (Å²) >= 11 is 0. The van der Waals surface area contributed by atoms with E-state index in [-0.39, 0.29) is 5.82 Å². The Morgan fingerprint density at radius 2 is 1.81 bits per heavy atom. The third-order valence-corrected chi connectivity index (χ3v) is 4.10. The van der Waals surface area contributed by atoms with Gasteiger partial charge in [-0.15, -0.1) is 0 Å². The van der Waals surface area contributed by atoms with E-state index in [2.05, 4.69) is 15.3 Å². The Labute approximate surface area is 126 Å². The molecule has 0 amide bonds. The second kappa shape index (κ2) is 7.16. The molecule has 1 aromatic heterocycles. The van der Waals surface area contributed by atoms with E-state index in [1.54, 1.807) is 6.92 Å². The van der Waals surface area contributed by atoms with Crippen LogP contribution >= 0.6 is 0 Å². The maximum absolute atomic E-state index is 14.1. The lowest BCUT2D eigenvalue weighted by atomic mass is 9.92. The molecule has 1 saturated carbocycles. The monoisotopic (exact) mass is 295 g/mol. The van der Waals surface area contributed by atoms with Gasteiger partial charge < -0.3 is 10.1 Å². The molecule has 1 fully saturated rings. The fourth-order valence-corrected chi connectivity index (χ4v) is 3.06. The summed E-state index contributed by atoms with van der Waals surface area (Å²) in [4.78, 5) is 8.88. The van der Waals surface area contributed by atoms with E-state index < -0.39 is 5.60 Å². The summed E-state index contributed by atoms with van der Waals surface area (Å²) in [6.07, 6.45) is 6.48. The zero-order chi connectivity index (χ0) is 15.3. The molecular formula is C16H26FN3O.